The molecule has 3 heteroatoms. The average molecular weight is 229 g/mol. The maximum atomic E-state index is 9.66. The van der Waals surface area contributed by atoms with Gasteiger partial charge < -0.3 is 15.2 Å². The zero-order valence-electron chi connectivity index (χ0n) is 11.0. The number of aliphatic hydroxyl groups is 1. The van der Waals surface area contributed by atoms with Crippen molar-refractivity contribution < 1.29 is 9.84 Å². The Labute approximate surface area is 99.6 Å². The van der Waals surface area contributed by atoms with Gasteiger partial charge in [-0.1, -0.05) is 20.8 Å². The van der Waals surface area contributed by atoms with Crippen molar-refractivity contribution in [2.45, 2.75) is 46.1 Å². The Morgan fingerprint density at radius 3 is 2.50 bits per heavy atom. The minimum Gasteiger partial charge on any atom is -0.389 e. The van der Waals surface area contributed by atoms with Crippen LogP contribution in [0.1, 0.15) is 40.0 Å². The first kappa shape index (κ1) is 13.9. The average Bonchev–Trinajstić information content (AvgIpc) is 2.98. The Bertz CT molecular complexity index is 190. The maximum absolute atomic E-state index is 9.66. The fourth-order valence-electron chi connectivity index (χ4n) is 1.83. The molecule has 1 saturated carbocycles. The van der Waals surface area contributed by atoms with E-state index in [-0.39, 0.29) is 6.10 Å². The van der Waals surface area contributed by atoms with Crippen LogP contribution >= 0.6 is 0 Å². The van der Waals surface area contributed by atoms with Gasteiger partial charge in [0, 0.05) is 19.7 Å². The Hall–Kier alpha value is -0.120. The standard InChI is InChI=1S/C13H27NO2/c1-4-13(5-6-13)10-14-7-12(15)9-16-8-11(2)3/h11-12,14-15H,4-10H2,1-3H3. The lowest BCUT2D eigenvalue weighted by Gasteiger charge is -2.17. The molecule has 2 N–H and O–H groups in total. The molecule has 0 spiro atoms. The Morgan fingerprint density at radius 2 is 2.00 bits per heavy atom. The quantitative estimate of drug-likeness (QED) is 0.633. The molecule has 0 bridgehead atoms. The van der Waals surface area contributed by atoms with E-state index in [9.17, 15) is 5.11 Å². The van der Waals surface area contributed by atoms with E-state index in [1.165, 1.54) is 19.3 Å². The first-order valence-corrected chi connectivity index (χ1v) is 6.54. The van der Waals surface area contributed by atoms with E-state index < -0.39 is 0 Å². The fraction of sp³-hybridized carbons (Fsp3) is 1.00. The summed E-state index contributed by atoms with van der Waals surface area (Å²) in [6.07, 6.45) is 3.57. The van der Waals surface area contributed by atoms with Gasteiger partial charge in [-0.25, -0.2) is 0 Å². The van der Waals surface area contributed by atoms with Crippen molar-refractivity contribution in [3.8, 4) is 0 Å². The predicted octanol–water partition coefficient (Wildman–Crippen LogP) is 1.80. The number of nitrogens with one attached hydrogen (secondary N) is 1. The van der Waals surface area contributed by atoms with E-state index in [4.69, 9.17) is 4.74 Å². The van der Waals surface area contributed by atoms with Crippen molar-refractivity contribution in [2.75, 3.05) is 26.3 Å². The van der Waals surface area contributed by atoms with Crippen LogP contribution in [0.5, 0.6) is 0 Å². The molecule has 1 fully saturated rings. The van der Waals surface area contributed by atoms with Crippen LogP contribution in [0.4, 0.5) is 0 Å². The van der Waals surface area contributed by atoms with E-state index >= 15 is 0 Å². The molecule has 16 heavy (non-hydrogen) atoms. The summed E-state index contributed by atoms with van der Waals surface area (Å²) in [5, 5.41) is 13.0. The highest BCUT2D eigenvalue weighted by Gasteiger charge is 2.39. The second kappa shape index (κ2) is 6.58. The molecule has 0 amide bonds. The molecule has 0 saturated heterocycles. The molecule has 1 aliphatic carbocycles. The lowest BCUT2D eigenvalue weighted by Crippen LogP contribution is -2.34. The summed E-state index contributed by atoms with van der Waals surface area (Å²) >= 11 is 0. The number of aliphatic hydroxyl groups excluding tert-OH is 1. The van der Waals surface area contributed by atoms with Crippen molar-refractivity contribution in [2.24, 2.45) is 11.3 Å². The van der Waals surface area contributed by atoms with Gasteiger partial charge in [0.05, 0.1) is 12.7 Å². The smallest absolute Gasteiger partial charge is 0.0897 e. The summed E-state index contributed by atoms with van der Waals surface area (Å²) < 4.78 is 5.39. The van der Waals surface area contributed by atoms with Gasteiger partial charge in [0.25, 0.3) is 0 Å². The van der Waals surface area contributed by atoms with Crippen LogP contribution < -0.4 is 5.32 Å². The second-order valence-electron chi connectivity index (χ2n) is 5.57. The van der Waals surface area contributed by atoms with E-state index in [1.807, 2.05) is 0 Å². The molecule has 0 aliphatic heterocycles. The third-order valence-electron chi connectivity index (χ3n) is 3.35. The summed E-state index contributed by atoms with van der Waals surface area (Å²) in [6.45, 7) is 9.35. The van der Waals surface area contributed by atoms with Gasteiger partial charge in [0.1, 0.15) is 0 Å². The molecule has 0 heterocycles. The van der Waals surface area contributed by atoms with Gasteiger partial charge >= 0.3 is 0 Å². The minimum absolute atomic E-state index is 0.369. The predicted molar refractivity (Wildman–Crippen MR) is 66.5 cm³/mol. The maximum Gasteiger partial charge on any atom is 0.0897 e. The molecule has 3 nitrogen and oxygen atoms in total. The number of hydrogen-bond donors (Lipinski definition) is 2. The summed E-state index contributed by atoms with van der Waals surface area (Å²) in [6, 6.07) is 0. The largest absolute Gasteiger partial charge is 0.389 e. The van der Waals surface area contributed by atoms with Crippen molar-refractivity contribution in [1.29, 1.82) is 0 Å². The van der Waals surface area contributed by atoms with E-state index in [0.717, 1.165) is 13.2 Å². The third-order valence-corrected chi connectivity index (χ3v) is 3.35. The van der Waals surface area contributed by atoms with Crippen molar-refractivity contribution >= 4 is 0 Å². The van der Waals surface area contributed by atoms with E-state index in [0.29, 0.717) is 24.5 Å². The first-order chi connectivity index (χ1) is 7.58. The lowest BCUT2D eigenvalue weighted by molar-refractivity contribution is 0.0257. The van der Waals surface area contributed by atoms with Gasteiger partial charge in [-0.3, -0.25) is 0 Å². The Morgan fingerprint density at radius 1 is 1.31 bits per heavy atom. The van der Waals surface area contributed by atoms with Crippen LogP contribution in [0.2, 0.25) is 0 Å². The molecular formula is C13H27NO2. The molecule has 96 valence electrons. The molecule has 0 aromatic carbocycles. The zero-order chi connectivity index (χ0) is 12.0. The normalized spacial score (nSPS) is 20.1. The summed E-state index contributed by atoms with van der Waals surface area (Å²) in [4.78, 5) is 0. The summed E-state index contributed by atoms with van der Waals surface area (Å²) in [7, 11) is 0. The summed E-state index contributed by atoms with van der Waals surface area (Å²) in [5.41, 5.74) is 0.554. The highest BCUT2D eigenvalue weighted by atomic mass is 16.5. The molecular weight excluding hydrogens is 202 g/mol. The summed E-state index contributed by atoms with van der Waals surface area (Å²) in [5.74, 6) is 0.537. The van der Waals surface area contributed by atoms with Crippen LogP contribution in [-0.4, -0.2) is 37.5 Å². The first-order valence-electron chi connectivity index (χ1n) is 6.54. The van der Waals surface area contributed by atoms with Gasteiger partial charge in [-0.2, -0.15) is 0 Å². The van der Waals surface area contributed by atoms with E-state index in [1.54, 1.807) is 0 Å². The highest BCUT2D eigenvalue weighted by Crippen LogP contribution is 2.47. The number of rotatable bonds is 9. The third kappa shape index (κ3) is 5.28. The number of hydrogen-bond acceptors (Lipinski definition) is 3. The molecule has 1 aliphatic rings. The van der Waals surface area contributed by atoms with Gasteiger partial charge in [-0.05, 0) is 30.6 Å². The second-order valence-corrected chi connectivity index (χ2v) is 5.57. The Balaban J connectivity index is 1.96. The van der Waals surface area contributed by atoms with Crippen LogP contribution in [0.3, 0.4) is 0 Å². The van der Waals surface area contributed by atoms with Crippen LogP contribution in [0, 0.1) is 11.3 Å². The van der Waals surface area contributed by atoms with Crippen molar-refractivity contribution in [3.63, 3.8) is 0 Å². The minimum atomic E-state index is -0.369. The number of ether oxygens (including phenoxy) is 1. The molecule has 1 atom stereocenters. The molecule has 0 radical (unpaired) electrons. The Kier molecular flexibility index (Phi) is 5.73. The van der Waals surface area contributed by atoms with Gasteiger partial charge in [0.2, 0.25) is 0 Å². The topological polar surface area (TPSA) is 41.5 Å². The molecule has 0 aromatic rings. The van der Waals surface area contributed by atoms with Crippen LogP contribution in [0.25, 0.3) is 0 Å². The van der Waals surface area contributed by atoms with Crippen molar-refractivity contribution in [1.82, 2.24) is 5.32 Å². The SMILES string of the molecule is CCC1(CNCC(O)COCC(C)C)CC1. The van der Waals surface area contributed by atoms with Crippen molar-refractivity contribution in [3.05, 3.63) is 0 Å². The fourth-order valence-corrected chi connectivity index (χ4v) is 1.83. The highest BCUT2D eigenvalue weighted by molar-refractivity contribution is 4.93. The molecule has 1 unspecified atom stereocenters. The van der Waals surface area contributed by atoms with Gasteiger partial charge in [-0.15, -0.1) is 0 Å². The van der Waals surface area contributed by atoms with Crippen LogP contribution in [-0.2, 0) is 4.74 Å². The van der Waals surface area contributed by atoms with Gasteiger partial charge in [0.15, 0.2) is 0 Å². The van der Waals surface area contributed by atoms with Crippen LogP contribution in [0.15, 0.2) is 0 Å². The molecule has 0 aromatic heterocycles. The lowest BCUT2D eigenvalue weighted by atomic mass is 10.0. The molecule has 1 rings (SSSR count). The zero-order valence-corrected chi connectivity index (χ0v) is 11.0. The van der Waals surface area contributed by atoms with E-state index in [2.05, 4.69) is 26.1 Å². The monoisotopic (exact) mass is 229 g/mol.